The number of halogens is 1. The number of aromatic nitrogens is 1. The van der Waals surface area contributed by atoms with Gasteiger partial charge in [-0.05, 0) is 54.3 Å². The Morgan fingerprint density at radius 3 is 2.72 bits per heavy atom. The second-order valence-corrected chi connectivity index (χ2v) is 8.42. The van der Waals surface area contributed by atoms with E-state index in [1.54, 1.807) is 25.1 Å². The monoisotopic (exact) mass is 490 g/mol. The van der Waals surface area contributed by atoms with Crippen LogP contribution >= 0.6 is 0 Å². The van der Waals surface area contributed by atoms with E-state index in [-0.39, 0.29) is 30.4 Å². The van der Waals surface area contributed by atoms with Crippen LogP contribution in [0.3, 0.4) is 0 Å². The molecule has 0 radical (unpaired) electrons. The molecule has 36 heavy (non-hydrogen) atoms. The summed E-state index contributed by atoms with van der Waals surface area (Å²) in [6.07, 6.45) is 2.33. The summed E-state index contributed by atoms with van der Waals surface area (Å²) in [6.45, 7) is 2.48. The van der Waals surface area contributed by atoms with Crippen molar-refractivity contribution in [2.75, 3.05) is 25.0 Å². The van der Waals surface area contributed by atoms with Crippen molar-refractivity contribution in [3.05, 3.63) is 95.1 Å². The largest absolute Gasteiger partial charge is 0.462 e. The first-order valence-corrected chi connectivity index (χ1v) is 11.7. The molecule has 1 aromatic heterocycles. The third-order valence-electron chi connectivity index (χ3n) is 6.02. The number of carbonyl (C=O) groups excluding carboxylic acids is 3. The molecular weight excluding hydrogens is 463 g/mol. The summed E-state index contributed by atoms with van der Waals surface area (Å²) in [5.41, 5.74) is 2.63. The van der Waals surface area contributed by atoms with Crippen LogP contribution < -0.4 is 16.0 Å². The average molecular weight is 491 g/mol. The molecule has 2 unspecified atom stereocenters. The van der Waals surface area contributed by atoms with Gasteiger partial charge in [0.15, 0.2) is 0 Å². The molecule has 0 bridgehead atoms. The van der Waals surface area contributed by atoms with Crippen LogP contribution in [0.2, 0.25) is 0 Å². The van der Waals surface area contributed by atoms with E-state index < -0.39 is 29.7 Å². The number of fused-ring (bicyclic) bond motifs is 1. The van der Waals surface area contributed by atoms with E-state index in [4.69, 9.17) is 4.74 Å². The maximum atomic E-state index is 14.6. The zero-order valence-electron chi connectivity index (χ0n) is 19.8. The molecule has 2 atom stereocenters. The van der Waals surface area contributed by atoms with E-state index in [9.17, 15) is 18.8 Å². The van der Waals surface area contributed by atoms with E-state index in [1.807, 2.05) is 24.3 Å². The van der Waals surface area contributed by atoms with Crippen molar-refractivity contribution in [3.8, 4) is 0 Å². The number of benzene rings is 2. The highest BCUT2D eigenvalue weighted by Gasteiger charge is 2.27. The van der Waals surface area contributed by atoms with Crippen molar-refractivity contribution in [2.45, 2.75) is 25.3 Å². The zero-order chi connectivity index (χ0) is 25.5. The highest BCUT2D eigenvalue weighted by Crippen LogP contribution is 2.24. The maximum absolute atomic E-state index is 14.6. The van der Waals surface area contributed by atoms with Crippen molar-refractivity contribution < 1.29 is 23.5 Å². The summed E-state index contributed by atoms with van der Waals surface area (Å²) in [5, 5.41) is 8.35. The molecule has 0 fully saturated rings. The molecule has 4 rings (SSSR count). The number of anilines is 1. The van der Waals surface area contributed by atoms with Crippen LogP contribution in [0.5, 0.6) is 0 Å². The fraction of sp³-hybridized carbons (Fsp3) is 0.259. The lowest BCUT2D eigenvalue weighted by Crippen LogP contribution is -2.37. The van der Waals surface area contributed by atoms with Gasteiger partial charge < -0.3 is 20.7 Å². The Bertz CT molecular complexity index is 1250. The molecule has 2 aromatic carbocycles. The highest BCUT2D eigenvalue weighted by molar-refractivity contribution is 6.02. The minimum Gasteiger partial charge on any atom is -0.462 e. The second kappa shape index (κ2) is 11.5. The normalized spacial score (nSPS) is 15.3. The first-order chi connectivity index (χ1) is 17.4. The van der Waals surface area contributed by atoms with Crippen molar-refractivity contribution in [1.82, 2.24) is 15.6 Å². The molecule has 3 N–H and O–H groups in total. The summed E-state index contributed by atoms with van der Waals surface area (Å²) >= 11 is 0. The molecule has 0 spiro atoms. The predicted octanol–water partition coefficient (Wildman–Crippen LogP) is 3.12. The number of esters is 1. The molecule has 1 aliphatic heterocycles. The first kappa shape index (κ1) is 25.0. The Morgan fingerprint density at radius 1 is 1.14 bits per heavy atom. The van der Waals surface area contributed by atoms with E-state index >= 15 is 0 Å². The van der Waals surface area contributed by atoms with Gasteiger partial charge in [-0.15, -0.1) is 0 Å². The van der Waals surface area contributed by atoms with Crippen molar-refractivity contribution in [1.29, 1.82) is 0 Å². The molecule has 2 heterocycles. The van der Waals surface area contributed by atoms with Crippen LogP contribution in [-0.4, -0.2) is 42.5 Å². The maximum Gasteiger partial charge on any atom is 0.327 e. The second-order valence-electron chi connectivity index (χ2n) is 8.42. The SMILES string of the molecule is CC(C(=O)NCCOC(=O)C1NCCc2ccccc21)c1ccc(NC(=O)c2ccccn2)c(F)c1. The van der Waals surface area contributed by atoms with Gasteiger partial charge >= 0.3 is 5.97 Å². The van der Waals surface area contributed by atoms with E-state index in [0.717, 1.165) is 17.5 Å². The van der Waals surface area contributed by atoms with Crippen molar-refractivity contribution in [3.63, 3.8) is 0 Å². The smallest absolute Gasteiger partial charge is 0.327 e. The lowest BCUT2D eigenvalue weighted by molar-refractivity contribution is -0.146. The molecule has 0 aliphatic carbocycles. The van der Waals surface area contributed by atoms with Crippen molar-refractivity contribution in [2.24, 2.45) is 0 Å². The predicted molar refractivity (Wildman–Crippen MR) is 132 cm³/mol. The zero-order valence-corrected chi connectivity index (χ0v) is 19.8. The Kier molecular flexibility index (Phi) is 8.02. The van der Waals surface area contributed by atoms with Crippen LogP contribution in [0, 0.1) is 5.82 Å². The number of hydrogen-bond acceptors (Lipinski definition) is 6. The number of amides is 2. The Morgan fingerprint density at radius 2 is 1.94 bits per heavy atom. The number of rotatable bonds is 8. The molecule has 0 saturated carbocycles. The summed E-state index contributed by atoms with van der Waals surface area (Å²) in [6, 6.07) is 16.3. The van der Waals surface area contributed by atoms with Gasteiger partial charge in [-0.3, -0.25) is 14.6 Å². The summed E-state index contributed by atoms with van der Waals surface area (Å²) < 4.78 is 20.0. The van der Waals surface area contributed by atoms with E-state index in [0.29, 0.717) is 12.1 Å². The van der Waals surface area contributed by atoms with Crippen LogP contribution in [-0.2, 0) is 20.7 Å². The Hall–Kier alpha value is -4.11. The third-order valence-corrected chi connectivity index (χ3v) is 6.02. The molecule has 3 aromatic rings. The quantitative estimate of drug-likeness (QED) is 0.331. The minimum atomic E-state index is -0.661. The number of nitrogens with zero attached hydrogens (tertiary/aromatic N) is 1. The molecule has 2 amide bonds. The Balaban J connectivity index is 1.26. The van der Waals surface area contributed by atoms with Crippen LogP contribution in [0.15, 0.2) is 66.9 Å². The third kappa shape index (κ3) is 5.92. The molecule has 1 aliphatic rings. The van der Waals surface area contributed by atoms with Gasteiger partial charge in [-0.1, -0.05) is 36.4 Å². The average Bonchev–Trinajstić information content (AvgIpc) is 2.91. The van der Waals surface area contributed by atoms with Crippen LogP contribution in [0.25, 0.3) is 0 Å². The summed E-state index contributed by atoms with van der Waals surface area (Å²) in [5.74, 6) is -2.57. The standard InChI is InChI=1S/C27H27FN4O4/c1-17(19-9-10-22(21(28)16-19)32-26(34)23-8-4-5-12-29-23)25(33)31-14-15-36-27(35)24-20-7-3-2-6-18(20)11-13-30-24/h2-10,12,16-17,24,30H,11,13-15H2,1H3,(H,31,33)(H,32,34). The molecule has 8 nitrogen and oxygen atoms in total. The van der Waals surface area contributed by atoms with E-state index in [2.05, 4.69) is 20.9 Å². The molecule has 0 saturated heterocycles. The van der Waals surface area contributed by atoms with Crippen molar-refractivity contribution >= 4 is 23.5 Å². The number of hydrogen-bond donors (Lipinski definition) is 3. The van der Waals surface area contributed by atoms with Gasteiger partial charge in [0.05, 0.1) is 18.2 Å². The lowest BCUT2D eigenvalue weighted by atomic mass is 9.94. The topological polar surface area (TPSA) is 109 Å². The number of carbonyl (C=O) groups is 3. The minimum absolute atomic E-state index is 0.00757. The van der Waals surface area contributed by atoms with E-state index in [1.165, 1.54) is 24.4 Å². The fourth-order valence-corrected chi connectivity index (χ4v) is 4.01. The number of ether oxygens (including phenoxy) is 1. The lowest BCUT2D eigenvalue weighted by Gasteiger charge is -2.25. The van der Waals surface area contributed by atoms with Gasteiger partial charge in [0.1, 0.15) is 24.2 Å². The summed E-state index contributed by atoms with van der Waals surface area (Å²) in [4.78, 5) is 41.2. The van der Waals surface area contributed by atoms with Gasteiger partial charge in [0.2, 0.25) is 5.91 Å². The van der Waals surface area contributed by atoms with Gasteiger partial charge in [0.25, 0.3) is 5.91 Å². The molecular formula is C27H27FN4O4. The van der Waals surface area contributed by atoms with Crippen LogP contribution in [0.4, 0.5) is 10.1 Å². The summed E-state index contributed by atoms with van der Waals surface area (Å²) in [7, 11) is 0. The van der Waals surface area contributed by atoms with Gasteiger partial charge in [-0.2, -0.15) is 0 Å². The van der Waals surface area contributed by atoms with Gasteiger partial charge in [0, 0.05) is 12.7 Å². The Labute approximate surface area is 208 Å². The van der Waals surface area contributed by atoms with Crippen LogP contribution in [0.1, 0.15) is 46.1 Å². The number of nitrogens with one attached hydrogen (secondary N) is 3. The van der Waals surface area contributed by atoms with Gasteiger partial charge in [-0.25, -0.2) is 9.18 Å². The molecule has 186 valence electrons. The number of pyridine rings is 1. The fourth-order valence-electron chi connectivity index (χ4n) is 4.01. The molecule has 9 heteroatoms. The first-order valence-electron chi connectivity index (χ1n) is 11.7. The highest BCUT2D eigenvalue weighted by atomic mass is 19.1.